The van der Waals surface area contributed by atoms with Gasteiger partial charge in [0, 0.05) is 4.47 Å². The van der Waals surface area contributed by atoms with Gasteiger partial charge in [0.25, 0.3) is 5.91 Å². The first-order valence-electron chi connectivity index (χ1n) is 7.04. The van der Waals surface area contributed by atoms with Crippen LogP contribution in [-0.2, 0) is 11.0 Å². The SMILES string of the molecule is Cc1cc(OCC(=O)Nc2ccccc2C(F)(F)F)cc(C)c1Br. The van der Waals surface area contributed by atoms with Crippen molar-refractivity contribution in [1.82, 2.24) is 0 Å². The van der Waals surface area contributed by atoms with E-state index < -0.39 is 17.6 Å². The van der Waals surface area contributed by atoms with E-state index in [1.165, 1.54) is 18.2 Å². The van der Waals surface area contributed by atoms with E-state index in [2.05, 4.69) is 21.2 Å². The molecule has 0 aliphatic rings. The van der Waals surface area contributed by atoms with Crippen LogP contribution in [0.5, 0.6) is 5.75 Å². The van der Waals surface area contributed by atoms with Gasteiger partial charge in [-0.1, -0.05) is 28.1 Å². The fraction of sp³-hybridized carbons (Fsp3) is 0.235. The van der Waals surface area contributed by atoms with Crippen LogP contribution in [-0.4, -0.2) is 12.5 Å². The molecule has 2 aromatic carbocycles. The van der Waals surface area contributed by atoms with Crippen molar-refractivity contribution in [2.45, 2.75) is 20.0 Å². The summed E-state index contributed by atoms with van der Waals surface area (Å²) in [4.78, 5) is 11.9. The van der Waals surface area contributed by atoms with Gasteiger partial charge >= 0.3 is 6.18 Å². The molecule has 0 saturated carbocycles. The number of anilines is 1. The monoisotopic (exact) mass is 401 g/mol. The third kappa shape index (κ3) is 4.50. The summed E-state index contributed by atoms with van der Waals surface area (Å²) in [5.74, 6) is -0.183. The Kier molecular flexibility index (Phi) is 5.54. The lowest BCUT2D eigenvalue weighted by molar-refractivity contribution is -0.137. The van der Waals surface area contributed by atoms with Gasteiger partial charge in [0.05, 0.1) is 11.3 Å². The van der Waals surface area contributed by atoms with Gasteiger partial charge in [-0.25, -0.2) is 0 Å². The van der Waals surface area contributed by atoms with Gasteiger partial charge < -0.3 is 10.1 Å². The van der Waals surface area contributed by atoms with E-state index in [0.717, 1.165) is 21.7 Å². The molecular formula is C17H15BrF3NO2. The van der Waals surface area contributed by atoms with Gasteiger partial charge in [0.2, 0.25) is 0 Å². The summed E-state index contributed by atoms with van der Waals surface area (Å²) in [6.07, 6.45) is -4.54. The highest BCUT2D eigenvalue weighted by atomic mass is 79.9. The van der Waals surface area contributed by atoms with E-state index >= 15 is 0 Å². The van der Waals surface area contributed by atoms with Crippen molar-refractivity contribution >= 4 is 27.5 Å². The zero-order valence-electron chi connectivity index (χ0n) is 13.0. The lowest BCUT2D eigenvalue weighted by Crippen LogP contribution is -2.22. The van der Waals surface area contributed by atoms with Gasteiger partial charge in [-0.3, -0.25) is 4.79 Å². The molecule has 1 amide bonds. The molecular weight excluding hydrogens is 387 g/mol. The molecule has 0 fully saturated rings. The summed E-state index contributed by atoms with van der Waals surface area (Å²) >= 11 is 3.42. The van der Waals surface area contributed by atoms with E-state index in [4.69, 9.17) is 4.74 Å². The molecule has 7 heteroatoms. The third-order valence-corrected chi connectivity index (χ3v) is 4.54. The zero-order valence-corrected chi connectivity index (χ0v) is 14.6. The zero-order chi connectivity index (χ0) is 17.9. The van der Waals surface area contributed by atoms with Gasteiger partial charge in [-0.2, -0.15) is 13.2 Å². The first kappa shape index (κ1) is 18.3. The van der Waals surface area contributed by atoms with Crippen molar-refractivity contribution in [3.8, 4) is 5.75 Å². The number of halogens is 4. The maximum atomic E-state index is 12.9. The Morgan fingerprint density at radius 2 is 1.75 bits per heavy atom. The highest BCUT2D eigenvalue weighted by Crippen LogP contribution is 2.34. The number of ether oxygens (including phenoxy) is 1. The molecule has 0 saturated heterocycles. The van der Waals surface area contributed by atoms with Crippen LogP contribution in [0.25, 0.3) is 0 Å². The fourth-order valence-corrected chi connectivity index (χ4v) is 2.39. The van der Waals surface area contributed by atoms with E-state index in [0.29, 0.717) is 5.75 Å². The molecule has 2 rings (SSSR count). The number of carbonyl (C=O) groups is 1. The van der Waals surface area contributed by atoms with Crippen LogP contribution in [0.2, 0.25) is 0 Å². The number of carbonyl (C=O) groups excluding carboxylic acids is 1. The van der Waals surface area contributed by atoms with Crippen molar-refractivity contribution in [2.24, 2.45) is 0 Å². The summed E-state index contributed by atoms with van der Waals surface area (Å²) in [5, 5.41) is 2.23. The molecule has 2 aromatic rings. The van der Waals surface area contributed by atoms with Crippen LogP contribution >= 0.6 is 15.9 Å². The minimum Gasteiger partial charge on any atom is -0.484 e. The molecule has 0 unspecified atom stereocenters. The van der Waals surface area contributed by atoms with E-state index in [1.807, 2.05) is 13.8 Å². The first-order chi connectivity index (χ1) is 11.2. The first-order valence-corrected chi connectivity index (χ1v) is 7.83. The van der Waals surface area contributed by atoms with Crippen LogP contribution in [0.3, 0.4) is 0 Å². The minimum atomic E-state index is -4.54. The lowest BCUT2D eigenvalue weighted by atomic mass is 10.1. The Bertz CT molecular complexity index is 737. The topological polar surface area (TPSA) is 38.3 Å². The number of hydrogen-bond acceptors (Lipinski definition) is 2. The number of rotatable bonds is 4. The van der Waals surface area contributed by atoms with Crippen LogP contribution in [0.4, 0.5) is 18.9 Å². The Labute approximate surface area is 146 Å². The van der Waals surface area contributed by atoms with Crippen molar-refractivity contribution in [3.05, 3.63) is 57.6 Å². The van der Waals surface area contributed by atoms with E-state index in [9.17, 15) is 18.0 Å². The Hall–Kier alpha value is -2.02. The summed E-state index contributed by atoms with van der Waals surface area (Å²) in [6.45, 7) is 3.37. The quantitative estimate of drug-likeness (QED) is 0.773. The van der Waals surface area contributed by atoms with Gasteiger partial charge in [0.15, 0.2) is 6.61 Å². The number of benzene rings is 2. The van der Waals surface area contributed by atoms with Gasteiger partial charge in [-0.15, -0.1) is 0 Å². The average Bonchev–Trinajstić information content (AvgIpc) is 2.50. The predicted molar refractivity (Wildman–Crippen MR) is 89.2 cm³/mol. The molecule has 0 atom stereocenters. The van der Waals surface area contributed by atoms with E-state index in [1.54, 1.807) is 12.1 Å². The van der Waals surface area contributed by atoms with E-state index in [-0.39, 0.29) is 12.3 Å². The van der Waals surface area contributed by atoms with Crippen LogP contribution in [0.1, 0.15) is 16.7 Å². The lowest BCUT2D eigenvalue weighted by Gasteiger charge is -2.14. The molecule has 0 bridgehead atoms. The fourth-order valence-electron chi connectivity index (χ4n) is 2.16. The molecule has 1 N–H and O–H groups in total. The highest BCUT2D eigenvalue weighted by Gasteiger charge is 2.33. The maximum absolute atomic E-state index is 12.9. The normalized spacial score (nSPS) is 11.2. The molecule has 0 aliphatic carbocycles. The molecule has 0 spiro atoms. The number of alkyl halides is 3. The average molecular weight is 402 g/mol. The second-order valence-electron chi connectivity index (χ2n) is 5.25. The number of nitrogens with one attached hydrogen (secondary N) is 1. The standard InChI is InChI=1S/C17H15BrF3NO2/c1-10-7-12(8-11(2)16(10)18)24-9-15(23)22-14-6-4-3-5-13(14)17(19,20)21/h3-8H,9H2,1-2H3,(H,22,23). The third-order valence-electron chi connectivity index (χ3n) is 3.29. The predicted octanol–water partition coefficient (Wildman–Crippen LogP) is 5.10. The minimum absolute atomic E-state index is 0.290. The molecule has 24 heavy (non-hydrogen) atoms. The molecule has 0 heterocycles. The number of para-hydroxylation sites is 1. The Morgan fingerprint density at radius 1 is 1.17 bits per heavy atom. The number of hydrogen-bond donors (Lipinski definition) is 1. The van der Waals surface area contributed by atoms with Crippen LogP contribution in [0, 0.1) is 13.8 Å². The highest BCUT2D eigenvalue weighted by molar-refractivity contribution is 9.10. The number of aryl methyl sites for hydroxylation is 2. The molecule has 3 nitrogen and oxygen atoms in total. The molecule has 128 valence electrons. The van der Waals surface area contributed by atoms with Crippen LogP contribution in [0.15, 0.2) is 40.9 Å². The summed E-state index contributed by atoms with van der Waals surface area (Å²) in [5.41, 5.74) is 0.691. The molecule has 0 aromatic heterocycles. The molecule has 0 radical (unpaired) electrons. The van der Waals surface area contributed by atoms with Crippen molar-refractivity contribution < 1.29 is 22.7 Å². The Morgan fingerprint density at radius 3 is 2.33 bits per heavy atom. The maximum Gasteiger partial charge on any atom is 0.418 e. The second-order valence-corrected chi connectivity index (χ2v) is 6.04. The number of amides is 1. The second kappa shape index (κ2) is 7.25. The van der Waals surface area contributed by atoms with Crippen molar-refractivity contribution in [1.29, 1.82) is 0 Å². The Balaban J connectivity index is 2.05. The summed E-state index contributed by atoms with van der Waals surface area (Å²) < 4.78 is 45.0. The summed E-state index contributed by atoms with van der Waals surface area (Å²) in [6, 6.07) is 8.30. The van der Waals surface area contributed by atoms with Crippen molar-refractivity contribution in [3.63, 3.8) is 0 Å². The van der Waals surface area contributed by atoms with Gasteiger partial charge in [0.1, 0.15) is 5.75 Å². The van der Waals surface area contributed by atoms with Gasteiger partial charge in [-0.05, 0) is 49.2 Å². The smallest absolute Gasteiger partial charge is 0.418 e. The van der Waals surface area contributed by atoms with Crippen molar-refractivity contribution in [2.75, 3.05) is 11.9 Å². The van der Waals surface area contributed by atoms with Crippen LogP contribution < -0.4 is 10.1 Å². The molecule has 0 aliphatic heterocycles. The largest absolute Gasteiger partial charge is 0.484 e. The summed E-state index contributed by atoms with van der Waals surface area (Å²) in [7, 11) is 0.